The number of hydrogen-bond donors (Lipinski definition) is 2. The van der Waals surface area contributed by atoms with Crippen molar-refractivity contribution in [2.24, 2.45) is 0 Å². The van der Waals surface area contributed by atoms with E-state index in [1.54, 1.807) is 0 Å². The maximum Gasteiger partial charge on any atom is 0.326 e. The summed E-state index contributed by atoms with van der Waals surface area (Å²) in [5.41, 5.74) is 0.201. The van der Waals surface area contributed by atoms with Gasteiger partial charge >= 0.3 is 12.0 Å². The Morgan fingerprint density at radius 2 is 2.24 bits per heavy atom. The highest BCUT2D eigenvalue weighted by atomic mass is 35.5. The standard InChI is InChI=1S/C13H14ClFN2O4/c1-21-8-5-11(12(18)19)17(6-8)13(20)16-7-2-3-9(14)10(15)4-7/h2-4,8,11H,5-6H2,1H3,(H,16,20)(H,18,19). The normalized spacial score (nSPS) is 21.4. The fourth-order valence-corrected chi connectivity index (χ4v) is 2.31. The number of carboxylic acid groups (broad SMARTS) is 1. The molecule has 0 radical (unpaired) electrons. The van der Waals surface area contributed by atoms with Gasteiger partial charge in [0.2, 0.25) is 0 Å². The second-order valence-corrected chi connectivity index (χ2v) is 5.07. The summed E-state index contributed by atoms with van der Waals surface area (Å²) in [4.78, 5) is 24.5. The zero-order valence-corrected chi connectivity index (χ0v) is 11.9. The smallest absolute Gasteiger partial charge is 0.326 e. The van der Waals surface area contributed by atoms with Crippen molar-refractivity contribution in [2.45, 2.75) is 18.6 Å². The number of benzene rings is 1. The van der Waals surface area contributed by atoms with Gasteiger partial charge < -0.3 is 20.1 Å². The molecule has 2 unspecified atom stereocenters. The van der Waals surface area contributed by atoms with Gasteiger partial charge in [0, 0.05) is 25.8 Å². The molecular formula is C13H14ClFN2O4. The molecule has 0 saturated carbocycles. The van der Waals surface area contributed by atoms with Gasteiger partial charge in [0.15, 0.2) is 0 Å². The van der Waals surface area contributed by atoms with E-state index < -0.39 is 23.9 Å². The van der Waals surface area contributed by atoms with Crippen molar-refractivity contribution >= 4 is 29.3 Å². The van der Waals surface area contributed by atoms with Crippen molar-refractivity contribution in [3.05, 3.63) is 29.0 Å². The summed E-state index contributed by atoms with van der Waals surface area (Å²) in [5.74, 6) is -1.77. The molecule has 1 aliphatic heterocycles. The number of anilines is 1. The van der Waals surface area contributed by atoms with E-state index in [2.05, 4.69) is 5.32 Å². The van der Waals surface area contributed by atoms with Crippen molar-refractivity contribution in [3.8, 4) is 0 Å². The number of carboxylic acids is 1. The number of ether oxygens (including phenoxy) is 1. The maximum absolute atomic E-state index is 13.3. The number of urea groups is 1. The van der Waals surface area contributed by atoms with Crippen LogP contribution in [-0.2, 0) is 9.53 Å². The van der Waals surface area contributed by atoms with Gasteiger partial charge in [-0.1, -0.05) is 11.6 Å². The molecule has 2 N–H and O–H groups in total. The first-order valence-corrected chi connectivity index (χ1v) is 6.58. The van der Waals surface area contributed by atoms with Crippen LogP contribution in [0.25, 0.3) is 0 Å². The fraction of sp³-hybridized carbons (Fsp3) is 0.385. The molecule has 1 aliphatic rings. The Bertz CT molecular complexity index is 569. The molecule has 8 heteroatoms. The quantitative estimate of drug-likeness (QED) is 0.896. The Kier molecular flexibility index (Phi) is 4.64. The molecule has 1 heterocycles. The summed E-state index contributed by atoms with van der Waals surface area (Å²) in [5, 5.41) is 11.5. The van der Waals surface area contributed by atoms with Crippen LogP contribution in [0.15, 0.2) is 18.2 Å². The third kappa shape index (κ3) is 3.43. The summed E-state index contributed by atoms with van der Waals surface area (Å²) in [6.07, 6.45) is -0.118. The summed E-state index contributed by atoms with van der Waals surface area (Å²) in [6.45, 7) is 0.162. The monoisotopic (exact) mass is 316 g/mol. The number of methoxy groups -OCH3 is 1. The number of likely N-dealkylation sites (tertiary alicyclic amines) is 1. The van der Waals surface area contributed by atoms with E-state index in [-0.39, 0.29) is 29.8 Å². The van der Waals surface area contributed by atoms with Crippen LogP contribution in [0.2, 0.25) is 5.02 Å². The van der Waals surface area contributed by atoms with Gasteiger partial charge in [0.05, 0.1) is 11.1 Å². The van der Waals surface area contributed by atoms with Crippen LogP contribution in [-0.4, -0.2) is 47.8 Å². The number of nitrogens with zero attached hydrogens (tertiary/aromatic N) is 1. The number of carbonyl (C=O) groups excluding carboxylic acids is 1. The molecule has 6 nitrogen and oxygen atoms in total. The third-order valence-electron chi connectivity index (χ3n) is 3.31. The molecule has 114 valence electrons. The van der Waals surface area contributed by atoms with Crippen LogP contribution in [0.1, 0.15) is 6.42 Å². The number of carbonyl (C=O) groups is 2. The Hall–Kier alpha value is -1.86. The Balaban J connectivity index is 2.11. The molecule has 0 bridgehead atoms. The van der Waals surface area contributed by atoms with Crippen molar-refractivity contribution in [1.82, 2.24) is 4.90 Å². The number of amides is 2. The Morgan fingerprint density at radius 3 is 2.81 bits per heavy atom. The first-order chi connectivity index (χ1) is 9.92. The van der Waals surface area contributed by atoms with Crippen molar-refractivity contribution in [1.29, 1.82) is 0 Å². The number of nitrogens with one attached hydrogen (secondary N) is 1. The van der Waals surface area contributed by atoms with Gasteiger partial charge in [0.25, 0.3) is 0 Å². The highest BCUT2D eigenvalue weighted by Crippen LogP contribution is 2.23. The zero-order chi connectivity index (χ0) is 15.6. The predicted octanol–water partition coefficient (Wildman–Crippen LogP) is 2.18. The lowest BCUT2D eigenvalue weighted by Gasteiger charge is -2.21. The van der Waals surface area contributed by atoms with E-state index >= 15 is 0 Å². The fourth-order valence-electron chi connectivity index (χ4n) is 2.20. The molecule has 1 aromatic rings. The van der Waals surface area contributed by atoms with Gasteiger partial charge in [-0.15, -0.1) is 0 Å². The Morgan fingerprint density at radius 1 is 1.52 bits per heavy atom. The van der Waals surface area contributed by atoms with Crippen LogP contribution in [0.5, 0.6) is 0 Å². The van der Waals surface area contributed by atoms with E-state index in [0.29, 0.717) is 0 Å². The van der Waals surface area contributed by atoms with E-state index in [0.717, 1.165) is 11.0 Å². The van der Waals surface area contributed by atoms with Crippen LogP contribution in [0.4, 0.5) is 14.9 Å². The van der Waals surface area contributed by atoms with Crippen molar-refractivity contribution in [2.75, 3.05) is 19.0 Å². The molecule has 1 aromatic carbocycles. The van der Waals surface area contributed by atoms with E-state index in [1.807, 2.05) is 0 Å². The van der Waals surface area contributed by atoms with E-state index in [4.69, 9.17) is 21.4 Å². The maximum atomic E-state index is 13.3. The average Bonchev–Trinajstić information content (AvgIpc) is 2.87. The molecule has 1 fully saturated rings. The van der Waals surface area contributed by atoms with E-state index in [1.165, 1.54) is 19.2 Å². The highest BCUT2D eigenvalue weighted by Gasteiger charge is 2.39. The topological polar surface area (TPSA) is 78.9 Å². The first kappa shape index (κ1) is 15.5. The molecule has 2 atom stereocenters. The second-order valence-electron chi connectivity index (χ2n) is 4.66. The first-order valence-electron chi connectivity index (χ1n) is 6.20. The zero-order valence-electron chi connectivity index (χ0n) is 11.2. The van der Waals surface area contributed by atoms with Gasteiger partial charge in [-0.3, -0.25) is 0 Å². The molecule has 0 spiro atoms. The minimum atomic E-state index is -1.10. The van der Waals surface area contributed by atoms with Crippen molar-refractivity contribution in [3.63, 3.8) is 0 Å². The lowest BCUT2D eigenvalue weighted by atomic mass is 10.2. The molecule has 1 saturated heterocycles. The lowest BCUT2D eigenvalue weighted by molar-refractivity contribution is -0.141. The minimum Gasteiger partial charge on any atom is -0.480 e. The number of hydrogen-bond acceptors (Lipinski definition) is 3. The summed E-state index contributed by atoms with van der Waals surface area (Å²) in [7, 11) is 1.46. The highest BCUT2D eigenvalue weighted by molar-refractivity contribution is 6.30. The summed E-state index contributed by atoms with van der Waals surface area (Å²) in [6, 6.07) is 2.22. The van der Waals surface area contributed by atoms with Crippen LogP contribution >= 0.6 is 11.6 Å². The number of aliphatic carboxylic acids is 1. The number of halogens is 2. The SMILES string of the molecule is COC1CC(C(=O)O)N(C(=O)Nc2ccc(Cl)c(F)c2)C1. The number of rotatable bonds is 3. The van der Waals surface area contributed by atoms with Gasteiger partial charge in [-0.05, 0) is 18.2 Å². The molecule has 2 amide bonds. The molecular weight excluding hydrogens is 303 g/mol. The second kappa shape index (κ2) is 6.28. The van der Waals surface area contributed by atoms with Crippen LogP contribution in [0.3, 0.4) is 0 Å². The summed E-state index contributed by atoms with van der Waals surface area (Å²) < 4.78 is 18.4. The van der Waals surface area contributed by atoms with Crippen molar-refractivity contribution < 1.29 is 23.8 Å². The molecule has 21 heavy (non-hydrogen) atoms. The van der Waals surface area contributed by atoms with Gasteiger partial charge in [-0.2, -0.15) is 0 Å². The Labute approximate surface area is 125 Å². The molecule has 0 aliphatic carbocycles. The average molecular weight is 317 g/mol. The third-order valence-corrected chi connectivity index (χ3v) is 3.62. The van der Waals surface area contributed by atoms with Crippen LogP contribution in [0, 0.1) is 5.82 Å². The predicted molar refractivity (Wildman–Crippen MR) is 74.0 cm³/mol. The molecule has 2 rings (SSSR count). The summed E-state index contributed by atoms with van der Waals surface area (Å²) >= 11 is 5.55. The van der Waals surface area contributed by atoms with Crippen LogP contribution < -0.4 is 5.32 Å². The largest absolute Gasteiger partial charge is 0.480 e. The van der Waals surface area contributed by atoms with Gasteiger partial charge in [-0.25, -0.2) is 14.0 Å². The van der Waals surface area contributed by atoms with Gasteiger partial charge in [0.1, 0.15) is 11.9 Å². The lowest BCUT2D eigenvalue weighted by Crippen LogP contribution is -2.43. The van der Waals surface area contributed by atoms with E-state index in [9.17, 15) is 14.0 Å². The molecule has 0 aromatic heterocycles. The minimum absolute atomic E-state index is 0.0583.